The van der Waals surface area contributed by atoms with Crippen LogP contribution in [0.4, 0.5) is 5.69 Å². The summed E-state index contributed by atoms with van der Waals surface area (Å²) < 4.78 is 7.71. The maximum atomic E-state index is 10.4. The second kappa shape index (κ2) is 8.35. The van der Waals surface area contributed by atoms with Crippen LogP contribution in [0.1, 0.15) is 25.7 Å². The van der Waals surface area contributed by atoms with E-state index >= 15 is 0 Å². The number of rotatable bonds is 5. The van der Waals surface area contributed by atoms with E-state index in [4.69, 9.17) is 4.74 Å². The van der Waals surface area contributed by atoms with Gasteiger partial charge in [-0.25, -0.2) is 4.31 Å². The van der Waals surface area contributed by atoms with E-state index in [2.05, 4.69) is 5.32 Å². The second-order valence-electron chi connectivity index (χ2n) is 6.88. The Kier molecular flexibility index (Phi) is 5.69. The molecule has 27 heavy (non-hydrogen) atoms. The van der Waals surface area contributed by atoms with Crippen molar-refractivity contribution < 1.29 is 14.9 Å². The number of ether oxygens (including phenoxy) is 1. The molecule has 1 saturated carbocycles. The van der Waals surface area contributed by atoms with Gasteiger partial charge in [0.25, 0.3) is 0 Å². The highest BCUT2D eigenvalue weighted by Gasteiger charge is 2.36. The average molecular weight is 385 g/mol. The molecule has 1 aliphatic heterocycles. The molecule has 2 aromatic carbocycles. The lowest BCUT2D eigenvalue weighted by molar-refractivity contribution is 0.00619. The van der Waals surface area contributed by atoms with Crippen LogP contribution in [0, 0.1) is 0 Å². The third-order valence-electron chi connectivity index (χ3n) is 4.89. The second-order valence-corrected chi connectivity index (χ2v) is 7.92. The van der Waals surface area contributed by atoms with E-state index in [1.165, 1.54) is 11.9 Å². The van der Waals surface area contributed by atoms with Crippen molar-refractivity contribution in [2.75, 3.05) is 5.32 Å². The summed E-state index contributed by atoms with van der Waals surface area (Å²) in [5, 5.41) is 24.8. The zero-order chi connectivity index (χ0) is 18.6. The first-order valence-corrected chi connectivity index (χ1v) is 10.1. The first-order valence-electron chi connectivity index (χ1n) is 9.33. The number of hydrogen-bond donors (Lipinski definition) is 3. The van der Waals surface area contributed by atoms with Crippen LogP contribution in [-0.2, 0) is 0 Å². The van der Waals surface area contributed by atoms with Crippen molar-refractivity contribution in [3.8, 4) is 11.5 Å². The van der Waals surface area contributed by atoms with Gasteiger partial charge in [0, 0.05) is 11.7 Å². The fraction of sp³-hybridized carbons (Fsp3) is 0.333. The predicted octanol–water partition coefficient (Wildman–Crippen LogP) is 4.32. The van der Waals surface area contributed by atoms with Gasteiger partial charge in [-0.15, -0.1) is 0 Å². The van der Waals surface area contributed by atoms with Crippen LogP contribution in [0.3, 0.4) is 0 Å². The van der Waals surface area contributed by atoms with Crippen LogP contribution in [0.15, 0.2) is 65.7 Å². The van der Waals surface area contributed by atoms with Crippen LogP contribution in [0.2, 0.25) is 0 Å². The van der Waals surface area contributed by atoms with Gasteiger partial charge in [-0.3, -0.25) is 0 Å². The molecule has 1 aliphatic carbocycles. The average Bonchev–Trinajstić information content (AvgIpc) is 3.04. The van der Waals surface area contributed by atoms with Gasteiger partial charge in [0.2, 0.25) is 0 Å². The lowest BCUT2D eigenvalue weighted by Gasteiger charge is -2.35. The molecule has 6 heteroatoms. The number of nitrogens with zero attached hydrogens (tertiary/aromatic N) is 1. The van der Waals surface area contributed by atoms with Gasteiger partial charge in [-0.1, -0.05) is 31.0 Å². The van der Waals surface area contributed by atoms with E-state index in [0.717, 1.165) is 47.9 Å². The first kappa shape index (κ1) is 18.4. The molecule has 0 radical (unpaired) electrons. The van der Waals surface area contributed by atoms with E-state index in [9.17, 15) is 10.2 Å². The molecular formula is C21H24N2O3S. The van der Waals surface area contributed by atoms with Gasteiger partial charge < -0.3 is 20.3 Å². The Bertz CT molecular complexity index is 782. The summed E-state index contributed by atoms with van der Waals surface area (Å²) in [4.78, 5) is 0. The number of hydrogen-bond acceptors (Lipinski definition) is 6. The zero-order valence-electron chi connectivity index (χ0n) is 15.0. The molecule has 1 unspecified atom stereocenters. The molecule has 4 rings (SSSR count). The Labute approximate surface area is 163 Å². The number of aliphatic hydroxyl groups excluding tert-OH is 2. The smallest absolute Gasteiger partial charge is 0.138 e. The summed E-state index contributed by atoms with van der Waals surface area (Å²) in [6.07, 6.45) is 4.61. The number of anilines is 1. The molecule has 2 aromatic rings. The fourth-order valence-electron chi connectivity index (χ4n) is 3.50. The quantitative estimate of drug-likeness (QED) is 0.668. The first-order chi connectivity index (χ1) is 13.2. The molecule has 0 amide bonds. The zero-order valence-corrected chi connectivity index (χ0v) is 15.8. The molecule has 2 aliphatic rings. The van der Waals surface area contributed by atoms with Crippen LogP contribution in [0.25, 0.3) is 0 Å². The van der Waals surface area contributed by atoms with Crippen molar-refractivity contribution in [2.24, 2.45) is 0 Å². The van der Waals surface area contributed by atoms with Crippen molar-refractivity contribution in [3.63, 3.8) is 0 Å². The molecule has 142 valence electrons. The minimum atomic E-state index is -0.684. The molecule has 3 atom stereocenters. The Morgan fingerprint density at radius 3 is 2.37 bits per heavy atom. The van der Waals surface area contributed by atoms with E-state index < -0.39 is 6.23 Å². The molecule has 0 aromatic heterocycles. The summed E-state index contributed by atoms with van der Waals surface area (Å²) in [6, 6.07) is 17.4. The highest BCUT2D eigenvalue weighted by atomic mass is 32.2. The maximum Gasteiger partial charge on any atom is 0.138 e. The number of para-hydroxylation sites is 1. The van der Waals surface area contributed by atoms with Gasteiger partial charge in [0.1, 0.15) is 17.7 Å². The number of benzene rings is 2. The Morgan fingerprint density at radius 1 is 0.926 bits per heavy atom. The van der Waals surface area contributed by atoms with Crippen molar-refractivity contribution in [2.45, 2.75) is 44.1 Å². The van der Waals surface area contributed by atoms with Gasteiger partial charge in [0.15, 0.2) is 0 Å². The van der Waals surface area contributed by atoms with E-state index in [1.54, 1.807) is 6.08 Å². The molecule has 1 heterocycles. The summed E-state index contributed by atoms with van der Waals surface area (Å²) in [6.45, 7) is 0. The summed E-state index contributed by atoms with van der Waals surface area (Å²) in [7, 11) is 0. The fourth-order valence-corrected chi connectivity index (χ4v) is 4.62. The van der Waals surface area contributed by atoms with Crippen molar-refractivity contribution in [1.29, 1.82) is 0 Å². The predicted molar refractivity (Wildman–Crippen MR) is 108 cm³/mol. The molecule has 3 N–H and O–H groups in total. The van der Waals surface area contributed by atoms with Gasteiger partial charge >= 0.3 is 0 Å². The Morgan fingerprint density at radius 2 is 1.63 bits per heavy atom. The van der Waals surface area contributed by atoms with E-state index in [-0.39, 0.29) is 12.1 Å². The SMILES string of the molecule is OC1C=C(Nc2ccc(Oc3ccccc3)cc2)SN1[C@@H]1CCCC[C@H]1O. The van der Waals surface area contributed by atoms with Gasteiger partial charge in [0.05, 0.1) is 11.1 Å². The molecule has 5 nitrogen and oxygen atoms in total. The summed E-state index contributed by atoms with van der Waals surface area (Å²) in [5.41, 5.74) is 0.924. The normalized spacial score (nSPS) is 25.9. The van der Waals surface area contributed by atoms with Crippen LogP contribution in [0.5, 0.6) is 11.5 Å². The van der Waals surface area contributed by atoms with Gasteiger partial charge in [-0.2, -0.15) is 0 Å². The molecule has 0 spiro atoms. The number of aliphatic hydroxyl groups is 2. The molecular weight excluding hydrogens is 360 g/mol. The number of nitrogens with one attached hydrogen (secondary N) is 1. The van der Waals surface area contributed by atoms with Crippen LogP contribution in [-0.4, -0.2) is 32.9 Å². The summed E-state index contributed by atoms with van der Waals surface area (Å²) >= 11 is 1.47. The Hall–Kier alpha value is -1.99. The molecule has 0 bridgehead atoms. The van der Waals surface area contributed by atoms with Crippen molar-refractivity contribution >= 4 is 17.6 Å². The van der Waals surface area contributed by atoms with Crippen LogP contribution >= 0.6 is 11.9 Å². The van der Waals surface area contributed by atoms with Crippen molar-refractivity contribution in [1.82, 2.24) is 4.31 Å². The third kappa shape index (κ3) is 4.47. The van der Waals surface area contributed by atoms with E-state index in [1.807, 2.05) is 58.9 Å². The van der Waals surface area contributed by atoms with E-state index in [0.29, 0.717) is 0 Å². The topological polar surface area (TPSA) is 65.0 Å². The highest BCUT2D eigenvalue weighted by molar-refractivity contribution is 8.01. The Balaban J connectivity index is 1.36. The minimum absolute atomic E-state index is 0.00375. The van der Waals surface area contributed by atoms with Gasteiger partial charge in [-0.05, 0) is 67.3 Å². The lowest BCUT2D eigenvalue weighted by Crippen LogP contribution is -2.44. The highest BCUT2D eigenvalue weighted by Crippen LogP contribution is 2.38. The molecule has 1 fully saturated rings. The standard InChI is InChI=1S/C21H24N2O3S/c24-19-9-5-4-8-18(19)23-21(25)14-20(27-23)22-15-10-12-17(13-11-15)26-16-6-2-1-3-7-16/h1-3,6-7,10-14,18-19,21-22,24-25H,4-5,8-9H2/t18-,19-,21?/m1/s1. The van der Waals surface area contributed by atoms with Crippen LogP contribution < -0.4 is 10.1 Å². The molecule has 0 saturated heterocycles. The third-order valence-corrected chi connectivity index (χ3v) is 6.02. The largest absolute Gasteiger partial charge is 0.457 e. The van der Waals surface area contributed by atoms with Crippen molar-refractivity contribution in [3.05, 3.63) is 65.7 Å². The monoisotopic (exact) mass is 384 g/mol. The summed E-state index contributed by atoms with van der Waals surface area (Å²) in [5.74, 6) is 1.57. The lowest BCUT2D eigenvalue weighted by atomic mass is 9.92. The maximum absolute atomic E-state index is 10.4. The minimum Gasteiger partial charge on any atom is -0.457 e.